The molecule has 0 amide bonds. The third-order valence-corrected chi connectivity index (χ3v) is 2.14. The fourth-order valence-electron chi connectivity index (χ4n) is 0.903. The van der Waals surface area contributed by atoms with E-state index < -0.39 is 0 Å². The zero-order chi connectivity index (χ0) is 9.68. The van der Waals surface area contributed by atoms with Gasteiger partial charge in [0.15, 0.2) is 5.78 Å². The lowest BCUT2D eigenvalue weighted by atomic mass is 10.2. The van der Waals surface area contributed by atoms with E-state index in [1.807, 2.05) is 24.3 Å². The molecule has 0 atom stereocenters. The van der Waals surface area contributed by atoms with Gasteiger partial charge in [-0.1, -0.05) is 28.1 Å². The molecule has 0 aliphatic carbocycles. The lowest BCUT2D eigenvalue weighted by Gasteiger charge is -2.04. The van der Waals surface area contributed by atoms with Crippen molar-refractivity contribution < 1.29 is 9.53 Å². The van der Waals surface area contributed by atoms with Gasteiger partial charge in [-0.3, -0.25) is 4.79 Å². The molecule has 0 aromatic heterocycles. The van der Waals surface area contributed by atoms with Crippen LogP contribution < -0.4 is 4.74 Å². The zero-order valence-corrected chi connectivity index (χ0v) is 9.00. The molecular weight excluding hydrogens is 232 g/mol. The molecule has 13 heavy (non-hydrogen) atoms. The Hall–Kier alpha value is -0.830. The smallest absolute Gasteiger partial charge is 0.167 e. The number of halogens is 1. The summed E-state index contributed by atoms with van der Waals surface area (Å²) in [6, 6.07) is 7.66. The van der Waals surface area contributed by atoms with Crippen molar-refractivity contribution in [2.45, 2.75) is 12.3 Å². The fraction of sp³-hybridized carbons (Fsp3) is 0.300. The normalized spacial score (nSPS) is 9.69. The van der Waals surface area contributed by atoms with Gasteiger partial charge >= 0.3 is 0 Å². The molecule has 0 heterocycles. The van der Waals surface area contributed by atoms with Crippen molar-refractivity contribution in [1.82, 2.24) is 0 Å². The highest BCUT2D eigenvalue weighted by molar-refractivity contribution is 9.08. The van der Waals surface area contributed by atoms with Gasteiger partial charge in [-0.25, -0.2) is 0 Å². The average Bonchev–Trinajstić information content (AvgIpc) is 2.15. The minimum Gasteiger partial charge on any atom is -0.486 e. The Morgan fingerprint density at radius 2 is 2.31 bits per heavy atom. The van der Waals surface area contributed by atoms with E-state index >= 15 is 0 Å². The molecule has 0 aliphatic heterocycles. The van der Waals surface area contributed by atoms with Gasteiger partial charge in [-0.2, -0.15) is 0 Å². The van der Waals surface area contributed by atoms with Crippen LogP contribution >= 0.6 is 15.9 Å². The molecule has 0 spiro atoms. The Kier molecular flexibility index (Phi) is 3.96. The first-order chi connectivity index (χ1) is 6.22. The number of ether oxygens (including phenoxy) is 1. The van der Waals surface area contributed by atoms with Crippen molar-refractivity contribution >= 4 is 21.7 Å². The highest BCUT2D eigenvalue weighted by atomic mass is 79.9. The molecule has 0 saturated heterocycles. The van der Waals surface area contributed by atoms with E-state index in [4.69, 9.17) is 4.74 Å². The first-order valence-corrected chi connectivity index (χ1v) is 5.11. The van der Waals surface area contributed by atoms with Gasteiger partial charge in [0.25, 0.3) is 0 Å². The number of alkyl halides is 1. The number of rotatable bonds is 4. The number of ketones is 1. The quantitative estimate of drug-likeness (QED) is 0.759. The molecule has 0 N–H and O–H groups in total. The van der Waals surface area contributed by atoms with E-state index in [-0.39, 0.29) is 12.4 Å². The van der Waals surface area contributed by atoms with Crippen LogP contribution in [0.1, 0.15) is 12.5 Å². The first kappa shape index (κ1) is 10.3. The largest absolute Gasteiger partial charge is 0.486 e. The summed E-state index contributed by atoms with van der Waals surface area (Å²) < 4.78 is 5.24. The van der Waals surface area contributed by atoms with Crippen molar-refractivity contribution in [2.24, 2.45) is 0 Å². The second-order valence-electron chi connectivity index (χ2n) is 2.77. The lowest BCUT2D eigenvalue weighted by Crippen LogP contribution is -2.06. The molecule has 0 fully saturated rings. The Morgan fingerprint density at radius 3 is 2.92 bits per heavy atom. The van der Waals surface area contributed by atoms with E-state index in [1.165, 1.54) is 6.92 Å². The lowest BCUT2D eigenvalue weighted by molar-refractivity contribution is -0.118. The predicted molar refractivity (Wildman–Crippen MR) is 55.2 cm³/mol. The van der Waals surface area contributed by atoms with Crippen LogP contribution in [-0.4, -0.2) is 12.4 Å². The Balaban J connectivity index is 2.61. The first-order valence-electron chi connectivity index (χ1n) is 3.99. The number of Topliss-reactive ketones (excluding diaryl/α,β-unsaturated/α-hetero) is 1. The highest BCUT2D eigenvalue weighted by Crippen LogP contribution is 2.15. The van der Waals surface area contributed by atoms with Gasteiger partial charge in [-0.15, -0.1) is 0 Å². The molecule has 1 aromatic carbocycles. The van der Waals surface area contributed by atoms with E-state index in [9.17, 15) is 4.79 Å². The minimum atomic E-state index is 0.0317. The predicted octanol–water partition coefficient (Wildman–Crippen LogP) is 2.55. The monoisotopic (exact) mass is 242 g/mol. The number of benzene rings is 1. The van der Waals surface area contributed by atoms with Gasteiger partial charge in [0.2, 0.25) is 0 Å². The summed E-state index contributed by atoms with van der Waals surface area (Å²) in [5, 5.41) is 0.796. The van der Waals surface area contributed by atoms with Gasteiger partial charge < -0.3 is 4.74 Å². The molecule has 1 aromatic rings. The third-order valence-electron chi connectivity index (χ3n) is 1.49. The summed E-state index contributed by atoms with van der Waals surface area (Å²) in [5.41, 5.74) is 1.14. The van der Waals surface area contributed by atoms with Crippen molar-refractivity contribution in [3.05, 3.63) is 29.8 Å². The van der Waals surface area contributed by atoms with Crippen LogP contribution in [0, 0.1) is 0 Å². The van der Waals surface area contributed by atoms with Gasteiger partial charge in [0.1, 0.15) is 12.4 Å². The van der Waals surface area contributed by atoms with Crippen LogP contribution in [0.5, 0.6) is 5.75 Å². The number of carbonyl (C=O) groups excluding carboxylic acids is 1. The maximum Gasteiger partial charge on any atom is 0.167 e. The molecule has 0 aliphatic rings. The Morgan fingerprint density at radius 1 is 1.54 bits per heavy atom. The van der Waals surface area contributed by atoms with Crippen LogP contribution in [0.4, 0.5) is 0 Å². The molecule has 2 nitrogen and oxygen atoms in total. The van der Waals surface area contributed by atoms with E-state index in [2.05, 4.69) is 15.9 Å². The van der Waals surface area contributed by atoms with Gasteiger partial charge in [0, 0.05) is 5.33 Å². The second-order valence-corrected chi connectivity index (χ2v) is 3.33. The summed E-state index contributed by atoms with van der Waals surface area (Å²) in [6.07, 6.45) is 0. The summed E-state index contributed by atoms with van der Waals surface area (Å²) >= 11 is 3.35. The van der Waals surface area contributed by atoms with Crippen molar-refractivity contribution in [1.29, 1.82) is 0 Å². The molecule has 0 radical (unpaired) electrons. The Labute approximate surface area is 86.0 Å². The minimum absolute atomic E-state index is 0.0317. The molecule has 3 heteroatoms. The molecule has 70 valence electrons. The standard InChI is InChI=1S/C10H11BrO2/c1-8(12)7-13-10-4-2-3-9(5-10)6-11/h2-5H,6-7H2,1H3. The molecular formula is C10H11BrO2. The molecule has 0 saturated carbocycles. The van der Waals surface area contributed by atoms with Crippen LogP contribution in [0.25, 0.3) is 0 Å². The van der Waals surface area contributed by atoms with Crippen molar-refractivity contribution in [2.75, 3.05) is 6.61 Å². The Bertz CT molecular complexity index is 297. The second kappa shape index (κ2) is 5.02. The molecule has 0 unspecified atom stereocenters. The SMILES string of the molecule is CC(=O)COc1cccc(CBr)c1. The highest BCUT2D eigenvalue weighted by Gasteiger charge is 1.97. The van der Waals surface area contributed by atoms with Gasteiger partial charge in [0.05, 0.1) is 0 Å². The summed E-state index contributed by atoms with van der Waals surface area (Å²) in [4.78, 5) is 10.6. The van der Waals surface area contributed by atoms with Crippen LogP contribution in [0.2, 0.25) is 0 Å². The van der Waals surface area contributed by atoms with Gasteiger partial charge in [-0.05, 0) is 24.6 Å². The van der Waals surface area contributed by atoms with Crippen LogP contribution in [0.15, 0.2) is 24.3 Å². The summed E-state index contributed by atoms with van der Waals surface area (Å²) in [5.74, 6) is 0.774. The van der Waals surface area contributed by atoms with Crippen molar-refractivity contribution in [3.63, 3.8) is 0 Å². The average molecular weight is 243 g/mol. The van der Waals surface area contributed by atoms with E-state index in [0.29, 0.717) is 0 Å². The molecule has 1 rings (SSSR count). The summed E-state index contributed by atoms with van der Waals surface area (Å²) in [7, 11) is 0. The van der Waals surface area contributed by atoms with Crippen LogP contribution in [-0.2, 0) is 10.1 Å². The number of hydrogen-bond donors (Lipinski definition) is 0. The molecule has 0 bridgehead atoms. The third kappa shape index (κ3) is 3.59. The van der Waals surface area contributed by atoms with Crippen molar-refractivity contribution in [3.8, 4) is 5.75 Å². The zero-order valence-electron chi connectivity index (χ0n) is 7.42. The van der Waals surface area contributed by atoms with E-state index in [1.54, 1.807) is 0 Å². The maximum absolute atomic E-state index is 10.6. The topological polar surface area (TPSA) is 26.3 Å². The van der Waals surface area contributed by atoms with E-state index in [0.717, 1.165) is 16.6 Å². The number of hydrogen-bond acceptors (Lipinski definition) is 2. The number of carbonyl (C=O) groups is 1. The summed E-state index contributed by atoms with van der Waals surface area (Å²) in [6.45, 7) is 1.65. The van der Waals surface area contributed by atoms with Crippen LogP contribution in [0.3, 0.4) is 0 Å². The maximum atomic E-state index is 10.6. The fourth-order valence-corrected chi connectivity index (χ4v) is 1.25.